The average Bonchev–Trinajstić information content (AvgIpc) is 2.91. The van der Waals surface area contributed by atoms with Gasteiger partial charge in [0.15, 0.2) is 5.65 Å². The van der Waals surface area contributed by atoms with E-state index in [-0.39, 0.29) is 0 Å². The van der Waals surface area contributed by atoms with Crippen molar-refractivity contribution < 1.29 is 0 Å². The first-order chi connectivity index (χ1) is 12.0. The number of aromatic nitrogens is 4. The van der Waals surface area contributed by atoms with E-state index in [1.807, 2.05) is 0 Å². The molecular weight excluding hydrogens is 330 g/mol. The van der Waals surface area contributed by atoms with Crippen molar-refractivity contribution in [3.63, 3.8) is 0 Å². The van der Waals surface area contributed by atoms with Crippen molar-refractivity contribution in [2.24, 2.45) is 0 Å². The second-order valence-electron chi connectivity index (χ2n) is 6.63. The second-order valence-corrected chi connectivity index (χ2v) is 7.69. The van der Waals surface area contributed by atoms with E-state index in [9.17, 15) is 0 Å². The molecule has 0 unspecified atom stereocenters. The van der Waals surface area contributed by atoms with Crippen molar-refractivity contribution in [3.8, 4) is 0 Å². The third-order valence-electron chi connectivity index (χ3n) is 4.59. The molecule has 0 N–H and O–H groups in total. The predicted octanol–water partition coefficient (Wildman–Crippen LogP) is 4.30. The number of thioether (sulfide) groups is 1. The molecule has 0 amide bonds. The maximum Gasteiger partial charge on any atom is 0.211 e. The van der Waals surface area contributed by atoms with E-state index in [1.165, 1.54) is 11.1 Å². The lowest BCUT2D eigenvalue weighted by atomic mass is 10.2. The first-order valence-corrected chi connectivity index (χ1v) is 10.0. The van der Waals surface area contributed by atoms with Crippen LogP contribution >= 0.6 is 11.8 Å². The molecule has 0 aliphatic carbocycles. The van der Waals surface area contributed by atoms with Gasteiger partial charge in [-0.2, -0.15) is 0 Å². The summed E-state index contributed by atoms with van der Waals surface area (Å²) in [6.45, 7) is 14.1. The highest BCUT2D eigenvalue weighted by Crippen LogP contribution is 2.30. The predicted molar refractivity (Wildman–Crippen MR) is 106 cm³/mol. The van der Waals surface area contributed by atoms with Crippen LogP contribution < -0.4 is 0 Å². The minimum atomic E-state index is 0.327. The molecule has 0 aliphatic rings. The zero-order valence-corrected chi connectivity index (χ0v) is 16.6. The van der Waals surface area contributed by atoms with Crippen LogP contribution in [-0.4, -0.2) is 50.0 Å². The molecule has 0 aliphatic heterocycles. The van der Waals surface area contributed by atoms with Crippen molar-refractivity contribution in [1.29, 1.82) is 0 Å². The summed E-state index contributed by atoms with van der Waals surface area (Å²) < 4.78 is 2.27. The number of benzene rings is 1. The second kappa shape index (κ2) is 7.70. The zero-order chi connectivity index (χ0) is 18.0. The van der Waals surface area contributed by atoms with Gasteiger partial charge in [0.25, 0.3) is 0 Å². The quantitative estimate of drug-likeness (QED) is 0.590. The summed E-state index contributed by atoms with van der Waals surface area (Å²) in [4.78, 5) is 7.26. The number of fused-ring (bicyclic) bond motifs is 3. The van der Waals surface area contributed by atoms with E-state index in [1.54, 1.807) is 11.8 Å². The monoisotopic (exact) mass is 357 g/mol. The molecule has 0 spiro atoms. The third kappa shape index (κ3) is 3.65. The van der Waals surface area contributed by atoms with Gasteiger partial charge in [0.1, 0.15) is 5.52 Å². The molecular formula is C19H27N5S. The summed E-state index contributed by atoms with van der Waals surface area (Å²) in [6.07, 6.45) is 0. The van der Waals surface area contributed by atoms with E-state index in [4.69, 9.17) is 4.98 Å². The number of rotatable bonds is 7. The van der Waals surface area contributed by atoms with E-state index < -0.39 is 0 Å². The number of nitrogens with zero attached hydrogens (tertiary/aromatic N) is 5. The van der Waals surface area contributed by atoms with Gasteiger partial charge in [0.05, 0.1) is 5.52 Å². The van der Waals surface area contributed by atoms with Gasteiger partial charge in [-0.3, -0.25) is 0 Å². The first-order valence-electron chi connectivity index (χ1n) is 9.05. The van der Waals surface area contributed by atoms with Crippen molar-refractivity contribution in [3.05, 3.63) is 23.8 Å². The van der Waals surface area contributed by atoms with Crippen molar-refractivity contribution >= 4 is 33.8 Å². The van der Waals surface area contributed by atoms with Crippen LogP contribution in [0.15, 0.2) is 23.4 Å². The lowest BCUT2D eigenvalue weighted by Gasteiger charge is -2.16. The summed E-state index contributed by atoms with van der Waals surface area (Å²) >= 11 is 1.69. The molecule has 0 bridgehead atoms. The molecule has 134 valence electrons. The van der Waals surface area contributed by atoms with E-state index >= 15 is 0 Å². The van der Waals surface area contributed by atoms with Gasteiger partial charge in [-0.05, 0) is 46.0 Å². The lowest BCUT2D eigenvalue weighted by Crippen LogP contribution is -2.25. The normalized spacial score (nSPS) is 12.1. The summed E-state index contributed by atoms with van der Waals surface area (Å²) in [5.41, 5.74) is 4.26. The fourth-order valence-corrected chi connectivity index (χ4v) is 3.98. The molecule has 0 saturated carbocycles. The Morgan fingerprint density at radius 3 is 2.60 bits per heavy atom. The number of hydrogen-bond donors (Lipinski definition) is 0. The molecule has 0 atom stereocenters. The Balaban J connectivity index is 1.96. The molecule has 0 saturated heterocycles. The smallest absolute Gasteiger partial charge is 0.211 e. The van der Waals surface area contributed by atoms with Gasteiger partial charge in [0.2, 0.25) is 5.16 Å². The Morgan fingerprint density at radius 2 is 1.92 bits per heavy atom. The molecule has 2 aromatic heterocycles. The van der Waals surface area contributed by atoms with Crippen LogP contribution in [0.5, 0.6) is 0 Å². The van der Waals surface area contributed by atoms with Crippen molar-refractivity contribution in [1.82, 2.24) is 24.6 Å². The highest BCUT2D eigenvalue weighted by atomic mass is 32.2. The fraction of sp³-hybridized carbons (Fsp3) is 0.526. The Bertz CT molecular complexity index is 867. The van der Waals surface area contributed by atoms with Crippen LogP contribution in [0.25, 0.3) is 22.1 Å². The summed E-state index contributed by atoms with van der Waals surface area (Å²) in [5, 5.41) is 10.8. The number of hydrogen-bond acceptors (Lipinski definition) is 5. The standard InChI is InChI=1S/C19H27N5S/c1-6-23(7-2)10-11-25-19-20-18-17(21-22-19)15-12-14(5)8-9-16(15)24(18)13(3)4/h8-9,12-13H,6-7,10-11H2,1-5H3. The lowest BCUT2D eigenvalue weighted by molar-refractivity contribution is 0.324. The Kier molecular flexibility index (Phi) is 5.59. The Morgan fingerprint density at radius 1 is 1.16 bits per heavy atom. The van der Waals surface area contributed by atoms with Crippen LogP contribution in [0.3, 0.4) is 0 Å². The molecule has 0 fully saturated rings. The Labute approximate surface area is 153 Å². The maximum atomic E-state index is 4.85. The van der Waals surface area contributed by atoms with Crippen LogP contribution in [0.2, 0.25) is 0 Å². The van der Waals surface area contributed by atoms with E-state index in [2.05, 4.69) is 72.5 Å². The van der Waals surface area contributed by atoms with Crippen LogP contribution in [-0.2, 0) is 0 Å². The van der Waals surface area contributed by atoms with Crippen LogP contribution in [0, 0.1) is 6.92 Å². The average molecular weight is 358 g/mol. The summed E-state index contributed by atoms with van der Waals surface area (Å²) in [5.74, 6) is 0.982. The van der Waals surface area contributed by atoms with E-state index in [0.717, 1.165) is 47.1 Å². The van der Waals surface area contributed by atoms with E-state index in [0.29, 0.717) is 6.04 Å². The molecule has 25 heavy (non-hydrogen) atoms. The van der Waals surface area contributed by atoms with Crippen molar-refractivity contribution in [2.45, 2.75) is 45.8 Å². The van der Waals surface area contributed by atoms with Gasteiger partial charge in [0, 0.05) is 23.7 Å². The fourth-order valence-electron chi connectivity index (χ4n) is 3.20. The topological polar surface area (TPSA) is 46.8 Å². The molecule has 6 heteroatoms. The van der Waals surface area contributed by atoms with Crippen LogP contribution in [0.4, 0.5) is 0 Å². The largest absolute Gasteiger partial charge is 0.321 e. The zero-order valence-electron chi connectivity index (χ0n) is 15.8. The molecule has 2 heterocycles. The van der Waals surface area contributed by atoms with Gasteiger partial charge in [-0.1, -0.05) is 37.2 Å². The number of aryl methyl sites for hydroxylation is 1. The highest BCUT2D eigenvalue weighted by molar-refractivity contribution is 7.99. The molecule has 3 aromatic rings. The molecule has 3 rings (SSSR count). The first kappa shape index (κ1) is 18.1. The summed E-state index contributed by atoms with van der Waals surface area (Å²) in [6, 6.07) is 6.82. The third-order valence-corrected chi connectivity index (χ3v) is 5.41. The minimum Gasteiger partial charge on any atom is -0.321 e. The molecule has 5 nitrogen and oxygen atoms in total. The SMILES string of the molecule is CCN(CC)CCSc1nnc2c3cc(C)ccc3n(C(C)C)c2n1. The highest BCUT2D eigenvalue weighted by Gasteiger charge is 2.17. The van der Waals surface area contributed by atoms with Gasteiger partial charge >= 0.3 is 0 Å². The summed E-state index contributed by atoms with van der Waals surface area (Å²) in [7, 11) is 0. The maximum absolute atomic E-state index is 4.85. The molecule has 0 radical (unpaired) electrons. The van der Waals surface area contributed by atoms with Crippen LogP contribution in [0.1, 0.15) is 39.3 Å². The van der Waals surface area contributed by atoms with Gasteiger partial charge in [-0.15, -0.1) is 10.2 Å². The molecule has 1 aromatic carbocycles. The minimum absolute atomic E-state index is 0.327. The van der Waals surface area contributed by atoms with Crippen molar-refractivity contribution in [2.75, 3.05) is 25.4 Å². The van der Waals surface area contributed by atoms with Gasteiger partial charge in [-0.25, -0.2) is 4.98 Å². The van der Waals surface area contributed by atoms with Gasteiger partial charge < -0.3 is 9.47 Å². The Hall–Kier alpha value is -1.66.